The molecule has 3 heteroatoms. The van der Waals surface area contributed by atoms with Gasteiger partial charge in [0.2, 0.25) is 0 Å². The lowest BCUT2D eigenvalue weighted by molar-refractivity contribution is -0.149. The van der Waals surface area contributed by atoms with Crippen molar-refractivity contribution >= 4 is 5.97 Å². The highest BCUT2D eigenvalue weighted by Crippen LogP contribution is 2.43. The Morgan fingerprint density at radius 3 is 2.42 bits per heavy atom. The predicted molar refractivity (Wildman–Crippen MR) is 44.5 cm³/mol. The normalized spacial score (nSPS) is 33.3. The van der Waals surface area contributed by atoms with E-state index in [1.54, 1.807) is 0 Å². The fraction of sp³-hybridized carbons (Fsp3) is 0.889. The Labute approximate surface area is 72.7 Å². The molecule has 1 saturated carbocycles. The molecule has 0 amide bonds. The number of methoxy groups -OCH3 is 1. The van der Waals surface area contributed by atoms with Gasteiger partial charge in [-0.15, -0.1) is 0 Å². The second kappa shape index (κ2) is 3.05. The Kier molecular flexibility index (Phi) is 2.42. The number of rotatable bonds is 1. The average Bonchev–Trinajstić information content (AvgIpc) is 2.27. The minimum atomic E-state index is -0.374. The van der Waals surface area contributed by atoms with Crippen molar-refractivity contribution in [3.63, 3.8) is 0 Å². The van der Waals surface area contributed by atoms with Gasteiger partial charge in [0.15, 0.2) is 0 Å². The van der Waals surface area contributed by atoms with Crippen LogP contribution in [0.4, 0.5) is 0 Å². The maximum atomic E-state index is 11.2. The summed E-state index contributed by atoms with van der Waals surface area (Å²) in [5, 5.41) is 9.56. The van der Waals surface area contributed by atoms with Crippen molar-refractivity contribution in [1.29, 1.82) is 0 Å². The molecular formula is C9H16O3. The van der Waals surface area contributed by atoms with Crippen LogP contribution in [-0.4, -0.2) is 24.3 Å². The van der Waals surface area contributed by atoms with E-state index in [0.717, 1.165) is 6.42 Å². The first-order chi connectivity index (χ1) is 5.50. The molecule has 0 unspecified atom stereocenters. The molecular weight excluding hydrogens is 156 g/mol. The van der Waals surface area contributed by atoms with E-state index in [-0.39, 0.29) is 23.4 Å². The Morgan fingerprint density at radius 1 is 1.50 bits per heavy atom. The van der Waals surface area contributed by atoms with Gasteiger partial charge < -0.3 is 9.84 Å². The molecule has 1 N–H and O–H groups in total. The first-order valence-corrected chi connectivity index (χ1v) is 4.26. The molecule has 0 aromatic carbocycles. The largest absolute Gasteiger partial charge is 0.469 e. The SMILES string of the molecule is COC(=O)[C@@H]1CC[C@H](O)C1(C)C. The molecule has 0 aromatic rings. The van der Waals surface area contributed by atoms with E-state index in [9.17, 15) is 9.90 Å². The highest BCUT2D eigenvalue weighted by atomic mass is 16.5. The summed E-state index contributed by atoms with van der Waals surface area (Å²) in [6.07, 6.45) is 1.06. The molecule has 12 heavy (non-hydrogen) atoms. The van der Waals surface area contributed by atoms with Gasteiger partial charge in [-0.2, -0.15) is 0 Å². The van der Waals surface area contributed by atoms with Crippen LogP contribution in [0.2, 0.25) is 0 Å². The topological polar surface area (TPSA) is 46.5 Å². The van der Waals surface area contributed by atoms with Crippen LogP contribution in [0.5, 0.6) is 0 Å². The quantitative estimate of drug-likeness (QED) is 0.599. The van der Waals surface area contributed by atoms with E-state index < -0.39 is 0 Å². The number of hydrogen-bond donors (Lipinski definition) is 1. The van der Waals surface area contributed by atoms with Gasteiger partial charge in [-0.25, -0.2) is 0 Å². The summed E-state index contributed by atoms with van der Waals surface area (Å²) in [5.74, 6) is -0.339. The summed E-state index contributed by atoms with van der Waals surface area (Å²) in [6, 6.07) is 0. The first-order valence-electron chi connectivity index (χ1n) is 4.26. The fourth-order valence-electron chi connectivity index (χ4n) is 1.86. The lowest BCUT2D eigenvalue weighted by Crippen LogP contribution is -2.33. The van der Waals surface area contributed by atoms with Crippen molar-refractivity contribution in [3.05, 3.63) is 0 Å². The van der Waals surface area contributed by atoms with Crippen molar-refractivity contribution in [3.8, 4) is 0 Å². The molecule has 0 bridgehead atoms. The van der Waals surface area contributed by atoms with Crippen molar-refractivity contribution < 1.29 is 14.6 Å². The summed E-state index contributed by atoms with van der Waals surface area (Å²) >= 11 is 0. The van der Waals surface area contributed by atoms with Crippen LogP contribution < -0.4 is 0 Å². The van der Waals surface area contributed by atoms with Crippen LogP contribution >= 0.6 is 0 Å². The van der Waals surface area contributed by atoms with E-state index in [4.69, 9.17) is 0 Å². The highest BCUT2D eigenvalue weighted by molar-refractivity contribution is 5.73. The predicted octanol–water partition coefficient (Wildman–Crippen LogP) is 0.956. The van der Waals surface area contributed by atoms with Crippen molar-refractivity contribution in [1.82, 2.24) is 0 Å². The van der Waals surface area contributed by atoms with Crippen LogP contribution in [0.25, 0.3) is 0 Å². The number of carbonyl (C=O) groups is 1. The summed E-state index contributed by atoms with van der Waals surface area (Å²) in [7, 11) is 1.39. The van der Waals surface area contributed by atoms with Gasteiger partial charge in [0.05, 0.1) is 19.1 Å². The summed E-state index contributed by atoms with van der Waals surface area (Å²) in [4.78, 5) is 11.2. The zero-order valence-corrected chi connectivity index (χ0v) is 7.83. The van der Waals surface area contributed by atoms with E-state index in [0.29, 0.717) is 6.42 Å². The van der Waals surface area contributed by atoms with Gasteiger partial charge in [0.25, 0.3) is 0 Å². The molecule has 0 spiro atoms. The van der Waals surface area contributed by atoms with Gasteiger partial charge in [-0.3, -0.25) is 4.79 Å². The molecule has 3 nitrogen and oxygen atoms in total. The summed E-state index contributed by atoms with van der Waals surface area (Å²) < 4.78 is 4.67. The number of aliphatic hydroxyl groups excluding tert-OH is 1. The number of ether oxygens (including phenoxy) is 1. The molecule has 1 fully saturated rings. The van der Waals surface area contributed by atoms with Crippen LogP contribution in [-0.2, 0) is 9.53 Å². The van der Waals surface area contributed by atoms with Crippen LogP contribution in [0.1, 0.15) is 26.7 Å². The molecule has 2 atom stereocenters. The minimum Gasteiger partial charge on any atom is -0.469 e. The Bertz CT molecular complexity index is 186. The highest BCUT2D eigenvalue weighted by Gasteiger charge is 2.46. The second-order valence-corrected chi connectivity index (χ2v) is 3.99. The van der Waals surface area contributed by atoms with Crippen molar-refractivity contribution in [2.24, 2.45) is 11.3 Å². The molecule has 0 aromatic heterocycles. The third-order valence-corrected chi connectivity index (χ3v) is 2.97. The van der Waals surface area contributed by atoms with Crippen LogP contribution in [0, 0.1) is 11.3 Å². The van der Waals surface area contributed by atoms with E-state index in [1.165, 1.54) is 7.11 Å². The van der Waals surface area contributed by atoms with Gasteiger partial charge in [-0.1, -0.05) is 13.8 Å². The molecule has 70 valence electrons. The molecule has 0 saturated heterocycles. The van der Waals surface area contributed by atoms with E-state index in [1.807, 2.05) is 13.8 Å². The first kappa shape index (κ1) is 9.52. The van der Waals surface area contributed by atoms with Crippen LogP contribution in [0.3, 0.4) is 0 Å². The number of carbonyl (C=O) groups excluding carboxylic acids is 1. The zero-order valence-electron chi connectivity index (χ0n) is 7.83. The maximum Gasteiger partial charge on any atom is 0.309 e. The zero-order chi connectivity index (χ0) is 9.35. The molecule has 0 aliphatic heterocycles. The molecule has 1 rings (SSSR count). The van der Waals surface area contributed by atoms with Crippen molar-refractivity contribution in [2.75, 3.05) is 7.11 Å². The Hall–Kier alpha value is -0.570. The fourth-order valence-corrected chi connectivity index (χ4v) is 1.86. The van der Waals surface area contributed by atoms with Crippen LogP contribution in [0.15, 0.2) is 0 Å². The monoisotopic (exact) mass is 172 g/mol. The van der Waals surface area contributed by atoms with E-state index in [2.05, 4.69) is 4.74 Å². The maximum absolute atomic E-state index is 11.2. The smallest absolute Gasteiger partial charge is 0.309 e. The number of esters is 1. The van der Waals surface area contributed by atoms with Gasteiger partial charge in [-0.05, 0) is 12.8 Å². The summed E-state index contributed by atoms with van der Waals surface area (Å²) in [6.45, 7) is 3.82. The summed E-state index contributed by atoms with van der Waals surface area (Å²) in [5.41, 5.74) is -0.326. The Balaban J connectivity index is 2.74. The molecule has 1 aliphatic rings. The minimum absolute atomic E-state index is 0.141. The molecule has 1 aliphatic carbocycles. The van der Waals surface area contributed by atoms with Crippen molar-refractivity contribution in [2.45, 2.75) is 32.8 Å². The van der Waals surface area contributed by atoms with E-state index >= 15 is 0 Å². The molecule has 0 radical (unpaired) electrons. The third kappa shape index (κ3) is 1.33. The standard InChI is InChI=1S/C9H16O3/c1-9(2)6(8(11)12-3)4-5-7(9)10/h6-7,10H,4-5H2,1-3H3/t6-,7-/m0/s1. The number of hydrogen-bond acceptors (Lipinski definition) is 3. The Morgan fingerprint density at radius 2 is 2.08 bits per heavy atom. The lowest BCUT2D eigenvalue weighted by Gasteiger charge is -2.27. The van der Waals surface area contributed by atoms with Gasteiger partial charge in [0.1, 0.15) is 0 Å². The lowest BCUT2D eigenvalue weighted by atomic mass is 9.80. The molecule has 0 heterocycles. The third-order valence-electron chi connectivity index (χ3n) is 2.97. The number of aliphatic hydroxyl groups is 1. The second-order valence-electron chi connectivity index (χ2n) is 3.99. The van der Waals surface area contributed by atoms with Gasteiger partial charge >= 0.3 is 5.97 Å². The van der Waals surface area contributed by atoms with Gasteiger partial charge in [0, 0.05) is 5.41 Å². The average molecular weight is 172 g/mol.